The summed E-state index contributed by atoms with van der Waals surface area (Å²) in [5, 5.41) is 0. The molecule has 1 fully saturated rings. The molecule has 1 aliphatic carbocycles. The zero-order chi connectivity index (χ0) is 17.3. The van der Waals surface area contributed by atoms with Crippen molar-refractivity contribution in [2.45, 2.75) is 66.2 Å². The Morgan fingerprint density at radius 3 is 2.05 bits per heavy atom. The summed E-state index contributed by atoms with van der Waals surface area (Å²) in [5.74, 6) is 1.53. The maximum atomic E-state index is 10.6. The van der Waals surface area contributed by atoms with Gasteiger partial charge < -0.3 is 0 Å². The average Bonchev–Trinajstić information content (AvgIpc) is 3.24. The second-order valence-corrected chi connectivity index (χ2v) is 5.43. The lowest BCUT2D eigenvalue weighted by molar-refractivity contribution is -0.311. The Kier molecular flexibility index (Phi) is 9.33. The lowest BCUT2D eigenvalue weighted by Crippen LogP contribution is -2.08. The Hall–Kier alpha value is -1.10. The Labute approximate surface area is 132 Å². The summed E-state index contributed by atoms with van der Waals surface area (Å²) in [7, 11) is 0.583. The number of aromatic nitrogens is 1. The van der Waals surface area contributed by atoms with Gasteiger partial charge in [-0.1, -0.05) is 33.8 Å². The summed E-state index contributed by atoms with van der Waals surface area (Å²) in [4.78, 5) is 4.67. The summed E-state index contributed by atoms with van der Waals surface area (Å²) >= 11 is 0. The predicted molar refractivity (Wildman–Crippen MR) is 83.9 cm³/mol. The number of aryl methyl sites for hydroxylation is 1. The van der Waals surface area contributed by atoms with E-state index in [1.807, 2.05) is 13.8 Å². The van der Waals surface area contributed by atoms with Crippen molar-refractivity contribution in [2.75, 3.05) is 7.11 Å². The molecule has 0 unspecified atom stereocenters. The van der Waals surface area contributed by atoms with E-state index in [4.69, 9.17) is 0 Å². The summed E-state index contributed by atoms with van der Waals surface area (Å²) < 4.78 is 34.6. The molecule has 1 aromatic heterocycles. The molecule has 0 aliphatic heterocycles. The second-order valence-electron chi connectivity index (χ2n) is 5.43. The van der Waals surface area contributed by atoms with Crippen LogP contribution in [0.4, 0.5) is 13.2 Å². The van der Waals surface area contributed by atoms with Crippen LogP contribution in [0, 0.1) is 12.8 Å². The van der Waals surface area contributed by atoms with Crippen LogP contribution >= 0.6 is 0 Å². The van der Waals surface area contributed by atoms with Crippen molar-refractivity contribution >= 4 is 0 Å². The molecule has 0 N–H and O–H groups in total. The highest BCUT2D eigenvalue weighted by Crippen LogP contribution is 2.32. The molecule has 0 amide bonds. The maximum absolute atomic E-state index is 10.6. The van der Waals surface area contributed by atoms with Crippen LogP contribution in [0.5, 0.6) is 0 Å². The van der Waals surface area contributed by atoms with E-state index >= 15 is 0 Å². The van der Waals surface area contributed by atoms with E-state index in [1.54, 1.807) is 0 Å². The number of nitrogens with zero attached hydrogens (tertiary/aromatic N) is 1. The van der Waals surface area contributed by atoms with E-state index in [0.717, 1.165) is 5.92 Å². The first-order valence-electron chi connectivity index (χ1n) is 7.81. The molecule has 5 heteroatoms. The van der Waals surface area contributed by atoms with E-state index in [9.17, 15) is 13.2 Å². The van der Waals surface area contributed by atoms with Gasteiger partial charge in [-0.25, -0.2) is 0 Å². The molecule has 1 heterocycles. The number of hydrogen-bond acceptors (Lipinski definition) is 2. The number of hydrogen-bond donors (Lipinski definition) is 0. The van der Waals surface area contributed by atoms with Gasteiger partial charge in [0.1, 0.15) is 0 Å². The van der Waals surface area contributed by atoms with Gasteiger partial charge in [0.05, 0.1) is 0 Å². The highest BCUT2D eigenvalue weighted by Gasteiger charge is 2.25. The molecular weight excluding hydrogens is 291 g/mol. The van der Waals surface area contributed by atoms with Gasteiger partial charge in [0, 0.05) is 18.5 Å². The lowest BCUT2D eigenvalue weighted by Gasteiger charge is -2.10. The quantitative estimate of drug-likeness (QED) is 0.718. The van der Waals surface area contributed by atoms with Crippen LogP contribution < -0.4 is 0 Å². The molecule has 22 heavy (non-hydrogen) atoms. The highest BCUT2D eigenvalue weighted by atomic mass is 19.4. The van der Waals surface area contributed by atoms with Crippen LogP contribution in [0.15, 0.2) is 12.1 Å². The molecule has 0 bridgehead atoms. The van der Waals surface area contributed by atoms with Gasteiger partial charge >= 0.3 is 6.36 Å². The predicted octanol–water partition coefficient (Wildman–Crippen LogP) is 5.64. The zero-order valence-electron chi connectivity index (χ0n) is 14.4. The van der Waals surface area contributed by atoms with Crippen LogP contribution in [0.3, 0.4) is 0 Å². The highest BCUT2D eigenvalue weighted by molar-refractivity contribution is 5.25. The minimum absolute atomic E-state index is 0.583. The Morgan fingerprint density at radius 1 is 1.23 bits per heavy atom. The van der Waals surface area contributed by atoms with E-state index in [-0.39, 0.29) is 0 Å². The van der Waals surface area contributed by atoms with Crippen molar-refractivity contribution in [3.8, 4) is 0 Å². The number of ether oxygens (including phenoxy) is 1. The van der Waals surface area contributed by atoms with Crippen molar-refractivity contribution in [3.63, 3.8) is 0 Å². The van der Waals surface area contributed by atoms with Crippen molar-refractivity contribution < 1.29 is 17.9 Å². The van der Waals surface area contributed by atoms with Gasteiger partial charge in [0.25, 0.3) is 0 Å². The largest absolute Gasteiger partial charge is 0.522 e. The SMILES string of the molecule is CC.COC(F)(F)F.Cc1nc(CC2CC2)ccc1C(C)C. The summed E-state index contributed by atoms with van der Waals surface area (Å²) in [6.07, 6.45) is -0.446. The monoisotopic (exact) mass is 319 g/mol. The first-order chi connectivity index (χ1) is 10.2. The van der Waals surface area contributed by atoms with Gasteiger partial charge in [0.2, 0.25) is 0 Å². The third kappa shape index (κ3) is 9.03. The number of alkyl halides is 3. The van der Waals surface area contributed by atoms with E-state index in [0.29, 0.717) is 13.0 Å². The van der Waals surface area contributed by atoms with E-state index in [1.165, 1.54) is 36.2 Å². The Balaban J connectivity index is 0.000000470. The van der Waals surface area contributed by atoms with Gasteiger partial charge in [-0.05, 0) is 49.7 Å². The van der Waals surface area contributed by atoms with Crippen molar-refractivity contribution in [1.82, 2.24) is 4.98 Å². The van der Waals surface area contributed by atoms with Gasteiger partial charge in [0.15, 0.2) is 0 Å². The minimum atomic E-state index is -4.46. The third-order valence-corrected chi connectivity index (χ3v) is 3.23. The van der Waals surface area contributed by atoms with Gasteiger partial charge in [-0.3, -0.25) is 9.72 Å². The topological polar surface area (TPSA) is 22.1 Å². The third-order valence-electron chi connectivity index (χ3n) is 3.23. The Morgan fingerprint density at radius 2 is 1.73 bits per heavy atom. The van der Waals surface area contributed by atoms with Gasteiger partial charge in [-0.15, -0.1) is 13.2 Å². The minimum Gasteiger partial charge on any atom is -0.295 e. The molecule has 1 aromatic rings. The number of rotatable bonds is 3. The zero-order valence-corrected chi connectivity index (χ0v) is 14.4. The van der Waals surface area contributed by atoms with Crippen LogP contribution in [0.2, 0.25) is 0 Å². The fraction of sp³-hybridized carbons (Fsp3) is 0.706. The molecule has 1 saturated carbocycles. The van der Waals surface area contributed by atoms with Crippen LogP contribution in [-0.2, 0) is 11.2 Å². The number of halogens is 3. The molecule has 0 radical (unpaired) electrons. The molecule has 0 saturated heterocycles. The van der Waals surface area contributed by atoms with Crippen LogP contribution in [-0.4, -0.2) is 18.5 Å². The first kappa shape index (κ1) is 20.9. The van der Waals surface area contributed by atoms with E-state index in [2.05, 4.69) is 42.6 Å². The molecule has 0 spiro atoms. The van der Waals surface area contributed by atoms with Crippen molar-refractivity contribution in [3.05, 3.63) is 29.1 Å². The maximum Gasteiger partial charge on any atom is 0.522 e. The van der Waals surface area contributed by atoms with E-state index < -0.39 is 6.36 Å². The first-order valence-corrected chi connectivity index (χ1v) is 7.81. The molecular formula is C17H28F3NO. The molecule has 0 aromatic carbocycles. The normalized spacial score (nSPS) is 13.9. The van der Waals surface area contributed by atoms with Crippen LogP contribution in [0.1, 0.15) is 63.4 Å². The number of methoxy groups -OCH3 is 1. The second kappa shape index (κ2) is 9.82. The van der Waals surface area contributed by atoms with Crippen molar-refractivity contribution in [1.29, 1.82) is 0 Å². The summed E-state index contributed by atoms with van der Waals surface area (Å²) in [6, 6.07) is 4.46. The van der Waals surface area contributed by atoms with Crippen molar-refractivity contribution in [2.24, 2.45) is 5.92 Å². The Bertz CT molecular complexity index is 426. The molecule has 1 aliphatic rings. The summed E-state index contributed by atoms with van der Waals surface area (Å²) in [6.45, 7) is 10.6. The van der Waals surface area contributed by atoms with Gasteiger partial charge in [-0.2, -0.15) is 0 Å². The summed E-state index contributed by atoms with van der Waals surface area (Å²) in [5.41, 5.74) is 3.90. The lowest BCUT2D eigenvalue weighted by atomic mass is 10.0. The molecule has 2 rings (SSSR count). The fourth-order valence-corrected chi connectivity index (χ4v) is 1.97. The van der Waals surface area contributed by atoms with Crippen LogP contribution in [0.25, 0.3) is 0 Å². The molecule has 128 valence electrons. The standard InChI is InChI=1S/C13H19N.C2H3F3O.C2H6/c1-9(2)13-7-6-12(14-10(13)3)8-11-4-5-11;1-6-2(3,4)5;1-2/h6-7,9,11H,4-5,8H2,1-3H3;1H3;1-2H3. The number of pyridine rings is 1. The molecule has 2 nitrogen and oxygen atoms in total. The smallest absolute Gasteiger partial charge is 0.295 e. The molecule has 0 atom stereocenters. The average molecular weight is 319 g/mol. The fourth-order valence-electron chi connectivity index (χ4n) is 1.97.